The number of ether oxygens (including phenoxy) is 1. The molecule has 2 heterocycles. The summed E-state index contributed by atoms with van der Waals surface area (Å²) >= 11 is 0. The molecular weight excluding hydrogens is 296 g/mol. The SMILES string of the molecule is CC(C)(C)C[C@H]1O[C@@H](n2ccc(=O)[nH]c2=O)[C@H](O)C1C(C)(C)C. The van der Waals surface area contributed by atoms with E-state index in [1.54, 1.807) is 0 Å². The number of aliphatic hydroxyl groups is 1. The average Bonchev–Trinajstić information content (AvgIpc) is 2.63. The number of aromatic nitrogens is 2. The van der Waals surface area contributed by atoms with Crippen molar-refractivity contribution in [2.45, 2.75) is 66.4 Å². The van der Waals surface area contributed by atoms with Crippen LogP contribution in [0, 0.1) is 16.7 Å². The van der Waals surface area contributed by atoms with E-state index in [-0.39, 0.29) is 22.9 Å². The molecule has 1 aliphatic heterocycles. The Balaban J connectivity index is 2.40. The third-order valence-corrected chi connectivity index (χ3v) is 4.31. The van der Waals surface area contributed by atoms with E-state index in [0.717, 1.165) is 6.42 Å². The summed E-state index contributed by atoms with van der Waals surface area (Å²) in [6.07, 6.45) is 0.408. The quantitative estimate of drug-likeness (QED) is 0.870. The zero-order valence-corrected chi connectivity index (χ0v) is 14.8. The van der Waals surface area contributed by atoms with Gasteiger partial charge < -0.3 is 9.84 Å². The van der Waals surface area contributed by atoms with Crippen LogP contribution in [-0.2, 0) is 4.74 Å². The molecule has 1 aromatic rings. The number of hydrogen-bond acceptors (Lipinski definition) is 4. The molecule has 1 unspecified atom stereocenters. The minimum absolute atomic E-state index is 0.0404. The molecule has 0 aromatic carbocycles. The molecule has 0 amide bonds. The molecule has 1 aliphatic rings. The molecule has 6 heteroatoms. The van der Waals surface area contributed by atoms with Crippen molar-refractivity contribution in [1.82, 2.24) is 9.55 Å². The van der Waals surface area contributed by atoms with Crippen LogP contribution < -0.4 is 11.2 Å². The van der Waals surface area contributed by atoms with Crippen LogP contribution in [-0.4, -0.2) is 26.9 Å². The summed E-state index contributed by atoms with van der Waals surface area (Å²) in [5.74, 6) is -0.106. The maximum atomic E-state index is 12.0. The number of aromatic amines is 1. The smallest absolute Gasteiger partial charge is 0.330 e. The van der Waals surface area contributed by atoms with Crippen LogP contribution in [0.2, 0.25) is 0 Å². The van der Waals surface area contributed by atoms with Gasteiger partial charge in [-0.2, -0.15) is 0 Å². The van der Waals surface area contributed by atoms with E-state index in [1.807, 2.05) is 0 Å². The second-order valence-electron chi connectivity index (χ2n) is 8.73. The third-order valence-electron chi connectivity index (χ3n) is 4.31. The molecule has 4 atom stereocenters. The molecule has 2 rings (SSSR count). The lowest BCUT2D eigenvalue weighted by atomic mass is 9.71. The molecule has 0 spiro atoms. The molecular formula is C17H28N2O4. The van der Waals surface area contributed by atoms with Gasteiger partial charge in [-0.15, -0.1) is 0 Å². The second kappa shape index (κ2) is 5.91. The Bertz CT molecular complexity index is 663. The maximum absolute atomic E-state index is 12.0. The first kappa shape index (κ1) is 17.9. The Kier molecular flexibility index (Phi) is 4.61. The van der Waals surface area contributed by atoms with E-state index >= 15 is 0 Å². The van der Waals surface area contributed by atoms with Gasteiger partial charge in [-0.25, -0.2) is 4.79 Å². The normalized spacial score (nSPS) is 29.0. The van der Waals surface area contributed by atoms with Gasteiger partial charge in [-0.05, 0) is 17.3 Å². The van der Waals surface area contributed by atoms with Crippen LogP contribution in [0.1, 0.15) is 54.2 Å². The highest BCUT2D eigenvalue weighted by molar-refractivity contribution is 4.98. The van der Waals surface area contributed by atoms with Gasteiger partial charge in [0.25, 0.3) is 5.56 Å². The largest absolute Gasteiger partial charge is 0.388 e. The summed E-state index contributed by atoms with van der Waals surface area (Å²) in [6.45, 7) is 12.6. The summed E-state index contributed by atoms with van der Waals surface area (Å²) in [4.78, 5) is 25.5. The fourth-order valence-electron chi connectivity index (χ4n) is 3.45. The lowest BCUT2D eigenvalue weighted by Crippen LogP contribution is -2.40. The molecule has 1 aromatic heterocycles. The Morgan fingerprint density at radius 3 is 2.30 bits per heavy atom. The minimum atomic E-state index is -0.814. The van der Waals surface area contributed by atoms with E-state index in [9.17, 15) is 14.7 Å². The average molecular weight is 324 g/mol. The number of nitrogens with one attached hydrogen (secondary N) is 1. The highest BCUT2D eigenvalue weighted by atomic mass is 16.5. The van der Waals surface area contributed by atoms with Crippen molar-refractivity contribution < 1.29 is 9.84 Å². The summed E-state index contributed by atoms with van der Waals surface area (Å²) in [5.41, 5.74) is -1.16. The minimum Gasteiger partial charge on any atom is -0.388 e. The van der Waals surface area contributed by atoms with Gasteiger partial charge in [0.1, 0.15) is 6.10 Å². The topological polar surface area (TPSA) is 84.3 Å². The van der Waals surface area contributed by atoms with Gasteiger partial charge in [-0.3, -0.25) is 14.3 Å². The van der Waals surface area contributed by atoms with E-state index in [4.69, 9.17) is 4.74 Å². The number of H-pyrrole nitrogens is 1. The molecule has 0 aliphatic carbocycles. The van der Waals surface area contributed by atoms with Crippen molar-refractivity contribution in [3.63, 3.8) is 0 Å². The van der Waals surface area contributed by atoms with Gasteiger partial charge >= 0.3 is 5.69 Å². The van der Waals surface area contributed by atoms with Crippen LogP contribution in [0.25, 0.3) is 0 Å². The van der Waals surface area contributed by atoms with Crippen LogP contribution in [0.5, 0.6) is 0 Å². The maximum Gasteiger partial charge on any atom is 0.330 e. The molecule has 0 saturated carbocycles. The van der Waals surface area contributed by atoms with E-state index in [0.29, 0.717) is 0 Å². The van der Waals surface area contributed by atoms with Crippen molar-refractivity contribution in [2.75, 3.05) is 0 Å². The summed E-state index contributed by atoms with van der Waals surface area (Å²) in [6, 6.07) is 1.26. The van der Waals surface area contributed by atoms with Crippen LogP contribution >= 0.6 is 0 Å². The molecule has 6 nitrogen and oxygen atoms in total. The zero-order valence-electron chi connectivity index (χ0n) is 14.8. The lowest BCUT2D eigenvalue weighted by Gasteiger charge is -2.35. The van der Waals surface area contributed by atoms with Gasteiger partial charge in [0.15, 0.2) is 6.23 Å². The molecule has 2 N–H and O–H groups in total. The van der Waals surface area contributed by atoms with Crippen molar-refractivity contribution >= 4 is 0 Å². The fourth-order valence-corrected chi connectivity index (χ4v) is 3.45. The number of hydrogen-bond donors (Lipinski definition) is 2. The summed E-state index contributed by atoms with van der Waals surface area (Å²) < 4.78 is 7.36. The lowest BCUT2D eigenvalue weighted by molar-refractivity contribution is -0.0496. The first-order valence-corrected chi connectivity index (χ1v) is 8.05. The molecule has 0 bridgehead atoms. The fraction of sp³-hybridized carbons (Fsp3) is 0.765. The molecule has 0 radical (unpaired) electrons. The molecule has 23 heavy (non-hydrogen) atoms. The predicted octanol–water partition coefficient (Wildman–Crippen LogP) is 1.89. The number of rotatable bonds is 2. The Hall–Kier alpha value is -1.40. The highest BCUT2D eigenvalue weighted by Crippen LogP contribution is 2.46. The highest BCUT2D eigenvalue weighted by Gasteiger charge is 2.50. The van der Waals surface area contributed by atoms with Crippen molar-refractivity contribution in [1.29, 1.82) is 0 Å². The van der Waals surface area contributed by atoms with Gasteiger partial charge in [-0.1, -0.05) is 41.5 Å². The Morgan fingerprint density at radius 1 is 1.22 bits per heavy atom. The van der Waals surface area contributed by atoms with E-state index in [2.05, 4.69) is 46.5 Å². The summed E-state index contributed by atoms with van der Waals surface area (Å²) in [5, 5.41) is 10.8. The molecule has 1 fully saturated rings. The second-order valence-corrected chi connectivity index (χ2v) is 8.73. The van der Waals surface area contributed by atoms with E-state index < -0.39 is 23.6 Å². The predicted molar refractivity (Wildman–Crippen MR) is 88.3 cm³/mol. The Morgan fingerprint density at radius 2 is 1.83 bits per heavy atom. The van der Waals surface area contributed by atoms with E-state index in [1.165, 1.54) is 16.8 Å². The monoisotopic (exact) mass is 324 g/mol. The van der Waals surface area contributed by atoms with Crippen molar-refractivity contribution in [3.8, 4) is 0 Å². The number of aliphatic hydroxyl groups excluding tert-OH is 1. The zero-order chi connectivity index (χ0) is 17.6. The van der Waals surface area contributed by atoms with Crippen molar-refractivity contribution in [2.24, 2.45) is 16.7 Å². The molecule has 1 saturated heterocycles. The summed E-state index contributed by atoms with van der Waals surface area (Å²) in [7, 11) is 0. The standard InChI is InChI=1S/C17H28N2O4/c1-16(2,3)9-10-12(17(4,5)6)13(21)14(23-10)19-8-7-11(20)18-15(19)22/h7-8,10,12-14,21H,9H2,1-6H3,(H,18,20,22)/t10-,12?,13-,14-/m1/s1. The van der Waals surface area contributed by atoms with Gasteiger partial charge in [0.05, 0.1) is 6.10 Å². The first-order chi connectivity index (χ1) is 10.4. The van der Waals surface area contributed by atoms with Crippen molar-refractivity contribution in [3.05, 3.63) is 33.1 Å². The van der Waals surface area contributed by atoms with Crippen LogP contribution in [0.15, 0.2) is 21.9 Å². The molecule has 130 valence electrons. The van der Waals surface area contributed by atoms with Crippen LogP contribution in [0.3, 0.4) is 0 Å². The van der Waals surface area contributed by atoms with Gasteiger partial charge in [0.2, 0.25) is 0 Å². The Labute approximate surface area is 136 Å². The third kappa shape index (κ3) is 3.93. The van der Waals surface area contributed by atoms with Gasteiger partial charge in [0, 0.05) is 18.2 Å². The first-order valence-electron chi connectivity index (χ1n) is 8.05. The number of nitrogens with zero attached hydrogens (tertiary/aromatic N) is 1. The van der Waals surface area contributed by atoms with Crippen LogP contribution in [0.4, 0.5) is 0 Å².